The molecule has 2 aromatic carbocycles. The van der Waals surface area contributed by atoms with Gasteiger partial charge < -0.3 is 4.74 Å². The highest BCUT2D eigenvalue weighted by molar-refractivity contribution is 5.93. The molecule has 0 N–H and O–H groups in total. The molecule has 0 unspecified atom stereocenters. The topological polar surface area (TPSA) is 26.3 Å². The maximum absolute atomic E-state index is 13.8. The second-order valence-electron chi connectivity index (χ2n) is 4.08. The Morgan fingerprint density at radius 2 is 1.90 bits per heavy atom. The van der Waals surface area contributed by atoms with E-state index in [0.717, 1.165) is 6.07 Å². The molecule has 104 valence electrons. The third-order valence-corrected chi connectivity index (χ3v) is 2.94. The molecule has 0 radical (unpaired) electrons. The molecule has 0 aliphatic carbocycles. The number of methoxy groups -OCH3 is 1. The summed E-state index contributed by atoms with van der Waals surface area (Å²) in [5, 5.41) is 0. The van der Waals surface area contributed by atoms with Crippen LogP contribution in [0.2, 0.25) is 0 Å². The van der Waals surface area contributed by atoms with E-state index in [2.05, 4.69) is 4.74 Å². The summed E-state index contributed by atoms with van der Waals surface area (Å²) < 4.78 is 44.5. The number of ether oxygens (including phenoxy) is 1. The van der Waals surface area contributed by atoms with Gasteiger partial charge in [0.25, 0.3) is 0 Å². The standard InChI is InChI=1S/C15H11F3O2/c1-20-15(19)12-4-2-3-10(13(12)8-16)11-6-5-9(17)7-14(11)18/h2-7H,8H2,1H3. The molecule has 0 bridgehead atoms. The van der Waals surface area contributed by atoms with Gasteiger partial charge in [-0.15, -0.1) is 0 Å². The van der Waals surface area contributed by atoms with Gasteiger partial charge in [0.05, 0.1) is 12.7 Å². The van der Waals surface area contributed by atoms with Crippen molar-refractivity contribution in [3.8, 4) is 11.1 Å². The number of benzene rings is 2. The van der Waals surface area contributed by atoms with E-state index in [9.17, 15) is 18.0 Å². The minimum absolute atomic E-state index is 0.0184. The van der Waals surface area contributed by atoms with Crippen molar-refractivity contribution in [3.63, 3.8) is 0 Å². The van der Waals surface area contributed by atoms with Crippen molar-refractivity contribution in [1.29, 1.82) is 0 Å². The number of hydrogen-bond acceptors (Lipinski definition) is 2. The van der Waals surface area contributed by atoms with Crippen molar-refractivity contribution in [2.45, 2.75) is 6.67 Å². The summed E-state index contributed by atoms with van der Waals surface area (Å²) in [6.45, 7) is -0.961. The Balaban J connectivity index is 2.65. The lowest BCUT2D eigenvalue weighted by Crippen LogP contribution is -2.06. The number of esters is 1. The van der Waals surface area contributed by atoms with E-state index in [1.54, 1.807) is 0 Å². The zero-order valence-corrected chi connectivity index (χ0v) is 10.6. The first kappa shape index (κ1) is 14.1. The molecule has 0 aliphatic rings. The van der Waals surface area contributed by atoms with Crippen molar-refractivity contribution in [2.75, 3.05) is 7.11 Å². The Morgan fingerprint density at radius 3 is 2.50 bits per heavy atom. The lowest BCUT2D eigenvalue weighted by atomic mass is 9.95. The highest BCUT2D eigenvalue weighted by atomic mass is 19.1. The van der Waals surface area contributed by atoms with E-state index < -0.39 is 24.3 Å². The summed E-state index contributed by atoms with van der Waals surface area (Å²) in [6, 6.07) is 7.35. The molecule has 0 aliphatic heterocycles. The maximum atomic E-state index is 13.8. The highest BCUT2D eigenvalue weighted by Gasteiger charge is 2.18. The number of halogens is 3. The van der Waals surface area contributed by atoms with Gasteiger partial charge in [-0.3, -0.25) is 0 Å². The smallest absolute Gasteiger partial charge is 0.338 e. The molecule has 0 aromatic heterocycles. The van der Waals surface area contributed by atoms with Gasteiger partial charge in [0, 0.05) is 17.2 Å². The Bertz CT molecular complexity index is 654. The van der Waals surface area contributed by atoms with Crippen LogP contribution in [-0.4, -0.2) is 13.1 Å². The van der Waals surface area contributed by atoms with Crippen molar-refractivity contribution in [2.24, 2.45) is 0 Å². The Labute approximate surface area is 113 Å². The van der Waals surface area contributed by atoms with E-state index in [0.29, 0.717) is 6.07 Å². The molecule has 0 amide bonds. The first-order valence-electron chi connectivity index (χ1n) is 5.80. The van der Waals surface area contributed by atoms with Gasteiger partial charge in [-0.25, -0.2) is 18.0 Å². The van der Waals surface area contributed by atoms with Crippen LogP contribution in [0.25, 0.3) is 11.1 Å². The SMILES string of the molecule is COC(=O)c1cccc(-c2ccc(F)cc2F)c1CF. The zero-order chi connectivity index (χ0) is 14.7. The molecule has 0 fully saturated rings. The molecule has 0 spiro atoms. The predicted octanol–water partition coefficient (Wildman–Crippen LogP) is 3.89. The summed E-state index contributed by atoms with van der Waals surface area (Å²) in [6.07, 6.45) is 0. The fraction of sp³-hybridized carbons (Fsp3) is 0.133. The third-order valence-electron chi connectivity index (χ3n) is 2.94. The Hall–Kier alpha value is -2.30. The van der Waals surface area contributed by atoms with E-state index in [1.807, 2.05) is 0 Å². The van der Waals surface area contributed by atoms with Gasteiger partial charge in [0.15, 0.2) is 0 Å². The molecule has 2 nitrogen and oxygen atoms in total. The van der Waals surface area contributed by atoms with E-state index in [1.165, 1.54) is 31.4 Å². The lowest BCUT2D eigenvalue weighted by Gasteiger charge is -2.12. The van der Waals surface area contributed by atoms with E-state index >= 15 is 0 Å². The molecule has 0 saturated heterocycles. The van der Waals surface area contributed by atoms with Crippen LogP contribution in [-0.2, 0) is 11.4 Å². The van der Waals surface area contributed by atoms with E-state index in [-0.39, 0.29) is 22.3 Å². The Kier molecular flexibility index (Phi) is 4.08. The van der Waals surface area contributed by atoms with Crippen LogP contribution < -0.4 is 0 Å². The van der Waals surface area contributed by atoms with Crippen LogP contribution in [0.5, 0.6) is 0 Å². The average Bonchev–Trinajstić information content (AvgIpc) is 2.45. The molecule has 2 rings (SSSR count). The number of hydrogen-bond donors (Lipinski definition) is 0. The van der Waals surface area contributed by atoms with Gasteiger partial charge in [0.1, 0.15) is 18.3 Å². The molecule has 5 heteroatoms. The second kappa shape index (κ2) is 5.77. The van der Waals surface area contributed by atoms with Crippen LogP contribution in [0.3, 0.4) is 0 Å². The van der Waals surface area contributed by atoms with Gasteiger partial charge in [-0.2, -0.15) is 0 Å². The number of carbonyl (C=O) groups excluding carboxylic acids is 1. The second-order valence-corrected chi connectivity index (χ2v) is 4.08. The van der Waals surface area contributed by atoms with Crippen molar-refractivity contribution in [1.82, 2.24) is 0 Å². The molecular formula is C15H11F3O2. The fourth-order valence-electron chi connectivity index (χ4n) is 1.99. The number of alkyl halides is 1. The normalized spacial score (nSPS) is 10.4. The number of carbonyl (C=O) groups is 1. The van der Waals surface area contributed by atoms with Crippen LogP contribution in [0.15, 0.2) is 36.4 Å². The zero-order valence-electron chi connectivity index (χ0n) is 10.6. The summed E-state index contributed by atoms with van der Waals surface area (Å²) in [4.78, 5) is 11.6. The largest absolute Gasteiger partial charge is 0.465 e. The molecule has 0 heterocycles. The van der Waals surface area contributed by atoms with E-state index in [4.69, 9.17) is 0 Å². The summed E-state index contributed by atoms with van der Waals surface area (Å²) in [5.74, 6) is -2.25. The summed E-state index contributed by atoms with van der Waals surface area (Å²) in [7, 11) is 1.18. The molecule has 0 atom stereocenters. The van der Waals surface area contributed by atoms with Crippen molar-refractivity contribution in [3.05, 3.63) is 59.2 Å². The van der Waals surface area contributed by atoms with Gasteiger partial charge in [0.2, 0.25) is 0 Å². The van der Waals surface area contributed by atoms with Crippen LogP contribution in [0, 0.1) is 11.6 Å². The Morgan fingerprint density at radius 1 is 1.15 bits per heavy atom. The molecule has 2 aromatic rings. The minimum Gasteiger partial charge on any atom is -0.465 e. The third kappa shape index (κ3) is 2.52. The van der Waals surface area contributed by atoms with Crippen LogP contribution in [0.1, 0.15) is 15.9 Å². The summed E-state index contributed by atoms with van der Waals surface area (Å²) in [5.41, 5.74) is 0.277. The van der Waals surface area contributed by atoms with Crippen LogP contribution in [0.4, 0.5) is 13.2 Å². The minimum atomic E-state index is -0.961. The van der Waals surface area contributed by atoms with Gasteiger partial charge >= 0.3 is 5.97 Å². The number of rotatable bonds is 3. The summed E-state index contributed by atoms with van der Waals surface area (Å²) >= 11 is 0. The monoisotopic (exact) mass is 280 g/mol. The average molecular weight is 280 g/mol. The predicted molar refractivity (Wildman–Crippen MR) is 67.9 cm³/mol. The maximum Gasteiger partial charge on any atom is 0.338 e. The van der Waals surface area contributed by atoms with Gasteiger partial charge in [-0.05, 0) is 23.8 Å². The fourth-order valence-corrected chi connectivity index (χ4v) is 1.99. The lowest BCUT2D eigenvalue weighted by molar-refractivity contribution is 0.0598. The van der Waals surface area contributed by atoms with Crippen LogP contribution >= 0.6 is 0 Å². The molecular weight excluding hydrogens is 269 g/mol. The van der Waals surface area contributed by atoms with Crippen molar-refractivity contribution >= 4 is 5.97 Å². The molecule has 20 heavy (non-hydrogen) atoms. The first-order valence-corrected chi connectivity index (χ1v) is 5.80. The highest BCUT2D eigenvalue weighted by Crippen LogP contribution is 2.30. The quantitative estimate of drug-likeness (QED) is 0.797. The first-order chi connectivity index (χ1) is 9.58. The van der Waals surface area contributed by atoms with Crippen molar-refractivity contribution < 1.29 is 22.7 Å². The molecule has 0 saturated carbocycles. The van der Waals surface area contributed by atoms with Gasteiger partial charge in [-0.1, -0.05) is 12.1 Å².